The fraction of sp³-hybridized carbons (Fsp3) is 0.900. The Bertz CT molecular complexity index is 155. The van der Waals surface area contributed by atoms with Gasteiger partial charge in [-0.1, -0.05) is 13.8 Å². The van der Waals surface area contributed by atoms with Gasteiger partial charge < -0.3 is 15.5 Å². The summed E-state index contributed by atoms with van der Waals surface area (Å²) in [6.45, 7) is 11.8. The first-order valence-electron chi connectivity index (χ1n) is 5.36. The molecule has 0 bridgehead atoms. The van der Waals surface area contributed by atoms with Crippen molar-refractivity contribution in [3.63, 3.8) is 0 Å². The molecule has 4 heteroatoms. The number of likely N-dealkylation sites (N-methyl/N-ethyl adjacent to an activating group) is 1. The van der Waals surface area contributed by atoms with Crippen molar-refractivity contribution in [1.29, 1.82) is 0 Å². The first-order chi connectivity index (χ1) is 6.60. The Morgan fingerprint density at radius 1 is 1.29 bits per heavy atom. The van der Waals surface area contributed by atoms with Crippen molar-refractivity contribution in [2.24, 2.45) is 0 Å². The number of rotatable bonds is 6. The average Bonchev–Trinajstić information content (AvgIpc) is 2.11. The summed E-state index contributed by atoms with van der Waals surface area (Å²) >= 11 is 0. The first kappa shape index (κ1) is 13.2. The lowest BCUT2D eigenvalue weighted by Gasteiger charge is -2.18. The summed E-state index contributed by atoms with van der Waals surface area (Å²) in [5, 5.41) is 5.61. The molecule has 0 aliphatic rings. The Labute approximate surface area is 87.0 Å². The van der Waals surface area contributed by atoms with E-state index in [1.54, 1.807) is 0 Å². The molecule has 2 N–H and O–H groups in total. The summed E-state index contributed by atoms with van der Waals surface area (Å²) in [5.74, 6) is 0. The van der Waals surface area contributed by atoms with E-state index in [0.29, 0.717) is 6.54 Å². The van der Waals surface area contributed by atoms with Crippen LogP contribution in [0.15, 0.2) is 0 Å². The van der Waals surface area contributed by atoms with Gasteiger partial charge in [-0.25, -0.2) is 4.79 Å². The standard InChI is InChI=1S/C10H23N3O/c1-5-13(6-2)8-7-11-10(14)12-9(3)4/h9H,5-8H2,1-4H3,(H2,11,12,14). The second kappa shape index (κ2) is 7.62. The smallest absolute Gasteiger partial charge is 0.315 e. The zero-order chi connectivity index (χ0) is 11.0. The summed E-state index contributed by atoms with van der Waals surface area (Å²) in [6, 6.07) is 0.121. The first-order valence-corrected chi connectivity index (χ1v) is 5.36. The maximum Gasteiger partial charge on any atom is 0.315 e. The number of hydrogen-bond acceptors (Lipinski definition) is 2. The maximum atomic E-state index is 11.2. The van der Waals surface area contributed by atoms with E-state index < -0.39 is 0 Å². The normalized spacial score (nSPS) is 10.7. The zero-order valence-electron chi connectivity index (χ0n) is 9.76. The van der Waals surface area contributed by atoms with E-state index in [2.05, 4.69) is 29.4 Å². The van der Waals surface area contributed by atoms with Crippen molar-refractivity contribution in [2.75, 3.05) is 26.2 Å². The third-order valence-electron chi connectivity index (χ3n) is 2.03. The van der Waals surface area contributed by atoms with Crippen LogP contribution in [0.2, 0.25) is 0 Å². The van der Waals surface area contributed by atoms with Gasteiger partial charge in [0.05, 0.1) is 0 Å². The van der Waals surface area contributed by atoms with Crippen LogP contribution in [0.4, 0.5) is 4.79 Å². The molecule has 0 atom stereocenters. The Morgan fingerprint density at radius 3 is 2.29 bits per heavy atom. The van der Waals surface area contributed by atoms with Crippen LogP contribution in [0.3, 0.4) is 0 Å². The van der Waals surface area contributed by atoms with Crippen molar-refractivity contribution in [3.8, 4) is 0 Å². The highest BCUT2D eigenvalue weighted by molar-refractivity contribution is 5.74. The van der Waals surface area contributed by atoms with Gasteiger partial charge in [0.2, 0.25) is 0 Å². The van der Waals surface area contributed by atoms with Gasteiger partial charge in [-0.3, -0.25) is 0 Å². The van der Waals surface area contributed by atoms with E-state index in [1.165, 1.54) is 0 Å². The molecule has 0 unspecified atom stereocenters. The van der Waals surface area contributed by atoms with Crippen LogP contribution in [0, 0.1) is 0 Å². The van der Waals surface area contributed by atoms with Crippen molar-refractivity contribution < 1.29 is 4.79 Å². The van der Waals surface area contributed by atoms with Crippen LogP contribution in [-0.2, 0) is 0 Å². The average molecular weight is 201 g/mol. The third kappa shape index (κ3) is 6.71. The van der Waals surface area contributed by atoms with E-state index in [4.69, 9.17) is 0 Å². The SMILES string of the molecule is CCN(CC)CCNC(=O)NC(C)C. The van der Waals surface area contributed by atoms with Crippen LogP contribution in [0.25, 0.3) is 0 Å². The Balaban J connectivity index is 3.48. The van der Waals surface area contributed by atoms with Crippen LogP contribution >= 0.6 is 0 Å². The van der Waals surface area contributed by atoms with E-state index in [-0.39, 0.29) is 12.1 Å². The van der Waals surface area contributed by atoms with Gasteiger partial charge >= 0.3 is 6.03 Å². The maximum absolute atomic E-state index is 11.2. The highest BCUT2D eigenvalue weighted by atomic mass is 16.2. The number of carbonyl (C=O) groups excluding carboxylic acids is 1. The molecule has 0 aliphatic carbocycles. The molecule has 14 heavy (non-hydrogen) atoms. The summed E-state index contributed by atoms with van der Waals surface area (Å²) in [4.78, 5) is 13.4. The Kier molecular flexibility index (Phi) is 7.20. The summed E-state index contributed by atoms with van der Waals surface area (Å²) in [5.41, 5.74) is 0. The Morgan fingerprint density at radius 2 is 1.86 bits per heavy atom. The fourth-order valence-electron chi connectivity index (χ4n) is 1.18. The summed E-state index contributed by atoms with van der Waals surface area (Å²) in [7, 11) is 0. The van der Waals surface area contributed by atoms with Gasteiger partial charge in [-0.15, -0.1) is 0 Å². The van der Waals surface area contributed by atoms with Crippen LogP contribution < -0.4 is 10.6 Å². The van der Waals surface area contributed by atoms with E-state index >= 15 is 0 Å². The molecule has 0 aromatic heterocycles. The number of urea groups is 1. The molecule has 4 nitrogen and oxygen atoms in total. The summed E-state index contributed by atoms with van der Waals surface area (Å²) < 4.78 is 0. The predicted molar refractivity (Wildman–Crippen MR) is 59.5 cm³/mol. The van der Waals surface area contributed by atoms with E-state index in [0.717, 1.165) is 19.6 Å². The molecule has 0 heterocycles. The Hall–Kier alpha value is -0.770. The highest BCUT2D eigenvalue weighted by Crippen LogP contribution is 1.84. The number of nitrogens with one attached hydrogen (secondary N) is 2. The molecule has 0 aliphatic heterocycles. The van der Waals surface area contributed by atoms with E-state index in [9.17, 15) is 4.79 Å². The molecule has 84 valence electrons. The number of carbonyl (C=O) groups is 1. The molecule has 0 spiro atoms. The molecule has 2 amide bonds. The lowest BCUT2D eigenvalue weighted by atomic mass is 10.4. The van der Waals surface area contributed by atoms with Crippen molar-refractivity contribution >= 4 is 6.03 Å². The highest BCUT2D eigenvalue weighted by Gasteiger charge is 2.02. The lowest BCUT2D eigenvalue weighted by Crippen LogP contribution is -2.42. The number of amides is 2. The van der Waals surface area contributed by atoms with Crippen LogP contribution in [0.1, 0.15) is 27.7 Å². The minimum absolute atomic E-state index is 0.0767. The second-order valence-corrected chi connectivity index (χ2v) is 3.58. The number of nitrogens with zero attached hydrogens (tertiary/aromatic N) is 1. The van der Waals surface area contributed by atoms with Gasteiger partial charge in [0.1, 0.15) is 0 Å². The van der Waals surface area contributed by atoms with Crippen molar-refractivity contribution in [2.45, 2.75) is 33.7 Å². The molecule has 0 saturated heterocycles. The predicted octanol–water partition coefficient (Wildman–Crippen LogP) is 1.04. The van der Waals surface area contributed by atoms with Gasteiger partial charge in [0.25, 0.3) is 0 Å². The van der Waals surface area contributed by atoms with Crippen molar-refractivity contribution in [3.05, 3.63) is 0 Å². The molecule has 0 aromatic carbocycles. The van der Waals surface area contributed by atoms with Crippen LogP contribution in [-0.4, -0.2) is 43.2 Å². The van der Waals surface area contributed by atoms with E-state index in [1.807, 2.05) is 13.8 Å². The molecule has 0 radical (unpaired) electrons. The van der Waals surface area contributed by atoms with Gasteiger partial charge in [-0.2, -0.15) is 0 Å². The molecule has 0 rings (SSSR count). The van der Waals surface area contributed by atoms with Crippen LogP contribution in [0.5, 0.6) is 0 Å². The third-order valence-corrected chi connectivity index (χ3v) is 2.03. The van der Waals surface area contributed by atoms with Gasteiger partial charge in [0, 0.05) is 19.1 Å². The molecule has 0 fully saturated rings. The topological polar surface area (TPSA) is 44.4 Å². The minimum atomic E-state index is -0.0767. The molecule has 0 aromatic rings. The quantitative estimate of drug-likeness (QED) is 0.674. The molecular formula is C10H23N3O. The zero-order valence-corrected chi connectivity index (χ0v) is 9.76. The van der Waals surface area contributed by atoms with Gasteiger partial charge in [0.15, 0.2) is 0 Å². The fourth-order valence-corrected chi connectivity index (χ4v) is 1.18. The number of hydrogen-bond donors (Lipinski definition) is 2. The van der Waals surface area contributed by atoms with Crippen molar-refractivity contribution in [1.82, 2.24) is 15.5 Å². The molecular weight excluding hydrogens is 178 g/mol. The minimum Gasteiger partial charge on any atom is -0.337 e. The summed E-state index contributed by atoms with van der Waals surface area (Å²) in [6.07, 6.45) is 0. The second-order valence-electron chi connectivity index (χ2n) is 3.58. The lowest BCUT2D eigenvalue weighted by molar-refractivity contribution is 0.234. The molecule has 0 saturated carbocycles. The monoisotopic (exact) mass is 201 g/mol. The largest absolute Gasteiger partial charge is 0.337 e. The van der Waals surface area contributed by atoms with Gasteiger partial charge in [-0.05, 0) is 26.9 Å².